The van der Waals surface area contributed by atoms with E-state index in [-0.39, 0.29) is 11.2 Å². The van der Waals surface area contributed by atoms with Gasteiger partial charge in [0.05, 0.1) is 11.2 Å². The highest BCUT2D eigenvalue weighted by atomic mass is 16.5. The Kier molecular flexibility index (Phi) is 4.15. The summed E-state index contributed by atoms with van der Waals surface area (Å²) < 4.78 is 6.53. The first-order chi connectivity index (χ1) is 11.6. The Morgan fingerprint density at radius 3 is 2.25 bits per heavy atom. The number of ether oxygens (including phenoxy) is 1. The monoisotopic (exact) mass is 330 g/mol. The molecule has 1 spiro atoms. The number of nitrogens with zero attached hydrogens (tertiary/aromatic N) is 4. The highest BCUT2D eigenvalue weighted by Crippen LogP contribution is 2.41. The first-order valence-corrected chi connectivity index (χ1v) is 9.58. The zero-order valence-corrected chi connectivity index (χ0v) is 15.1. The molecule has 0 bridgehead atoms. The Morgan fingerprint density at radius 2 is 1.54 bits per heavy atom. The van der Waals surface area contributed by atoms with Crippen LogP contribution in [0.3, 0.4) is 0 Å². The van der Waals surface area contributed by atoms with Crippen LogP contribution in [0.4, 0.5) is 11.6 Å². The van der Waals surface area contributed by atoms with Crippen LogP contribution in [-0.4, -0.2) is 47.3 Å². The van der Waals surface area contributed by atoms with E-state index in [0.29, 0.717) is 0 Å². The molecule has 0 radical (unpaired) electrons. The molecule has 1 aromatic rings. The van der Waals surface area contributed by atoms with Crippen LogP contribution in [0.15, 0.2) is 12.4 Å². The molecular weight excluding hydrogens is 300 g/mol. The Hall–Kier alpha value is -1.36. The lowest BCUT2D eigenvalue weighted by atomic mass is 9.94. The average molecular weight is 330 g/mol. The summed E-state index contributed by atoms with van der Waals surface area (Å²) in [5.74, 6) is 2.15. The van der Waals surface area contributed by atoms with Crippen LogP contribution >= 0.6 is 0 Å². The molecule has 0 N–H and O–H groups in total. The van der Waals surface area contributed by atoms with Crippen LogP contribution in [-0.2, 0) is 4.74 Å². The van der Waals surface area contributed by atoms with Gasteiger partial charge in [-0.2, -0.15) is 0 Å². The van der Waals surface area contributed by atoms with Crippen LogP contribution < -0.4 is 9.80 Å². The summed E-state index contributed by atoms with van der Waals surface area (Å²) in [6.07, 6.45) is 10.5. The van der Waals surface area contributed by atoms with Crippen LogP contribution in [0.2, 0.25) is 0 Å². The van der Waals surface area contributed by atoms with Crippen LogP contribution in [0.1, 0.15) is 58.8 Å². The van der Waals surface area contributed by atoms with Gasteiger partial charge < -0.3 is 14.5 Å². The normalized spacial score (nSPS) is 26.1. The molecule has 3 fully saturated rings. The van der Waals surface area contributed by atoms with Crippen molar-refractivity contribution in [2.75, 3.05) is 36.0 Å². The summed E-state index contributed by atoms with van der Waals surface area (Å²) in [6, 6.07) is 2.19. The molecule has 5 nitrogen and oxygen atoms in total. The van der Waals surface area contributed by atoms with Gasteiger partial charge in [-0.05, 0) is 46.0 Å². The number of rotatable bonds is 2. The van der Waals surface area contributed by atoms with E-state index in [1.54, 1.807) is 6.33 Å². The number of piperidine rings is 1. The lowest BCUT2D eigenvalue weighted by Gasteiger charge is -2.49. The molecule has 2 aliphatic heterocycles. The second kappa shape index (κ2) is 6.17. The van der Waals surface area contributed by atoms with Crippen LogP contribution in [0.25, 0.3) is 0 Å². The first-order valence-electron chi connectivity index (χ1n) is 9.58. The van der Waals surface area contributed by atoms with Crippen molar-refractivity contribution < 1.29 is 4.74 Å². The van der Waals surface area contributed by atoms with Gasteiger partial charge in [0.1, 0.15) is 18.0 Å². The Labute approximate surface area is 145 Å². The molecule has 1 aromatic heterocycles. The molecule has 0 amide bonds. The number of morpholine rings is 1. The molecular formula is C19H30N4O. The Balaban J connectivity index is 1.58. The second-order valence-electron chi connectivity index (χ2n) is 8.39. The van der Waals surface area contributed by atoms with E-state index < -0.39 is 0 Å². The summed E-state index contributed by atoms with van der Waals surface area (Å²) in [4.78, 5) is 14.0. The molecule has 2 saturated heterocycles. The van der Waals surface area contributed by atoms with Gasteiger partial charge in [0.15, 0.2) is 0 Å². The van der Waals surface area contributed by atoms with Crippen molar-refractivity contribution in [3.63, 3.8) is 0 Å². The molecule has 0 atom stereocenters. The molecule has 4 rings (SSSR count). The number of aromatic nitrogens is 2. The average Bonchev–Trinajstić information content (AvgIpc) is 3.01. The van der Waals surface area contributed by atoms with Crippen LogP contribution in [0, 0.1) is 0 Å². The third kappa shape index (κ3) is 3.23. The smallest absolute Gasteiger partial charge is 0.134 e. The molecule has 0 unspecified atom stereocenters. The predicted octanol–water partition coefficient (Wildman–Crippen LogP) is 3.39. The fourth-order valence-electron chi connectivity index (χ4n) is 4.76. The predicted molar refractivity (Wildman–Crippen MR) is 96.7 cm³/mol. The summed E-state index contributed by atoms with van der Waals surface area (Å²) in [7, 11) is 0. The van der Waals surface area contributed by atoms with Gasteiger partial charge >= 0.3 is 0 Å². The van der Waals surface area contributed by atoms with E-state index in [0.717, 1.165) is 37.8 Å². The second-order valence-corrected chi connectivity index (χ2v) is 8.39. The Morgan fingerprint density at radius 1 is 0.875 bits per heavy atom. The highest BCUT2D eigenvalue weighted by molar-refractivity contribution is 5.51. The number of anilines is 2. The van der Waals surface area contributed by atoms with Gasteiger partial charge in [-0.1, -0.05) is 12.8 Å². The fraction of sp³-hybridized carbons (Fsp3) is 0.789. The minimum Gasteiger partial charge on any atom is -0.365 e. The molecule has 24 heavy (non-hydrogen) atoms. The molecule has 3 heterocycles. The quantitative estimate of drug-likeness (QED) is 0.831. The molecule has 5 heteroatoms. The van der Waals surface area contributed by atoms with Gasteiger partial charge in [0.2, 0.25) is 0 Å². The van der Waals surface area contributed by atoms with Gasteiger partial charge in [-0.3, -0.25) is 0 Å². The number of hydrogen-bond acceptors (Lipinski definition) is 5. The zero-order valence-electron chi connectivity index (χ0n) is 15.1. The first kappa shape index (κ1) is 16.1. The van der Waals surface area contributed by atoms with Crippen molar-refractivity contribution >= 4 is 11.6 Å². The third-order valence-electron chi connectivity index (χ3n) is 5.70. The third-order valence-corrected chi connectivity index (χ3v) is 5.70. The molecule has 3 aliphatic rings. The summed E-state index contributed by atoms with van der Waals surface area (Å²) in [5, 5.41) is 0. The minimum atomic E-state index is -0.126. The van der Waals surface area contributed by atoms with Crippen LogP contribution in [0.5, 0.6) is 0 Å². The van der Waals surface area contributed by atoms with Gasteiger partial charge in [0, 0.05) is 32.2 Å². The summed E-state index contributed by atoms with van der Waals surface area (Å²) in [5.41, 5.74) is -0.100. The maximum absolute atomic E-state index is 6.53. The van der Waals surface area contributed by atoms with E-state index in [1.165, 1.54) is 44.9 Å². The highest BCUT2D eigenvalue weighted by Gasteiger charge is 2.46. The fourth-order valence-corrected chi connectivity index (χ4v) is 4.76. The summed E-state index contributed by atoms with van der Waals surface area (Å²) >= 11 is 0. The van der Waals surface area contributed by atoms with Crippen molar-refractivity contribution in [1.29, 1.82) is 0 Å². The van der Waals surface area contributed by atoms with Crippen molar-refractivity contribution in [1.82, 2.24) is 9.97 Å². The molecule has 132 valence electrons. The van der Waals surface area contributed by atoms with Crippen molar-refractivity contribution in [2.45, 2.75) is 70.0 Å². The van der Waals surface area contributed by atoms with Gasteiger partial charge in [-0.15, -0.1) is 0 Å². The van der Waals surface area contributed by atoms with E-state index in [4.69, 9.17) is 4.74 Å². The zero-order chi connectivity index (χ0) is 16.6. The SMILES string of the molecule is CC1(C)CN(c2cc(N3CCCCC3)ncn2)CC2(CCCC2)O1. The molecule has 0 aromatic carbocycles. The Bertz CT molecular complexity index is 576. The van der Waals surface area contributed by atoms with Crippen molar-refractivity contribution in [3.05, 3.63) is 12.4 Å². The van der Waals surface area contributed by atoms with E-state index in [1.807, 2.05) is 0 Å². The van der Waals surface area contributed by atoms with Gasteiger partial charge in [0.25, 0.3) is 0 Å². The maximum Gasteiger partial charge on any atom is 0.134 e. The van der Waals surface area contributed by atoms with E-state index >= 15 is 0 Å². The van der Waals surface area contributed by atoms with E-state index in [9.17, 15) is 0 Å². The summed E-state index contributed by atoms with van der Waals surface area (Å²) in [6.45, 7) is 8.53. The standard InChI is InChI=1S/C19H30N4O/c1-18(2)13-23(14-19(24-18)8-4-5-9-19)17-12-16(20-15-21-17)22-10-6-3-7-11-22/h12,15H,3-11,13-14H2,1-2H3. The van der Waals surface area contributed by atoms with Crippen molar-refractivity contribution in [2.24, 2.45) is 0 Å². The van der Waals surface area contributed by atoms with Gasteiger partial charge in [-0.25, -0.2) is 9.97 Å². The lowest BCUT2D eigenvalue weighted by molar-refractivity contribution is -0.148. The largest absolute Gasteiger partial charge is 0.365 e. The minimum absolute atomic E-state index is 0.0258. The van der Waals surface area contributed by atoms with Crippen molar-refractivity contribution in [3.8, 4) is 0 Å². The lowest BCUT2D eigenvalue weighted by Crippen LogP contribution is -2.59. The topological polar surface area (TPSA) is 41.5 Å². The van der Waals surface area contributed by atoms with E-state index in [2.05, 4.69) is 39.7 Å². The number of hydrogen-bond donors (Lipinski definition) is 0. The molecule has 1 saturated carbocycles. The molecule has 1 aliphatic carbocycles. The maximum atomic E-state index is 6.53.